The number of carbonyl (C=O) groups excluding carboxylic acids is 2. The summed E-state index contributed by atoms with van der Waals surface area (Å²) in [6.07, 6.45) is 0. The molecular weight excluding hydrogens is 362 g/mol. The molecule has 138 valence electrons. The van der Waals surface area contributed by atoms with Crippen LogP contribution in [0, 0.1) is 0 Å². The van der Waals surface area contributed by atoms with Crippen LogP contribution >= 0.6 is 11.3 Å². The van der Waals surface area contributed by atoms with Gasteiger partial charge in [-0.3, -0.25) is 10.1 Å². The molecule has 3 rings (SSSR count). The zero-order valence-electron chi connectivity index (χ0n) is 14.7. The Bertz CT molecular complexity index is 925. The molecule has 2 aromatic carbocycles. The highest BCUT2D eigenvalue weighted by molar-refractivity contribution is 7.18. The van der Waals surface area contributed by atoms with Gasteiger partial charge < -0.3 is 15.4 Å². The average molecular weight is 381 g/mol. The molecule has 0 aliphatic rings. The minimum atomic E-state index is -0.359. The van der Waals surface area contributed by atoms with E-state index in [1.807, 2.05) is 42.5 Å². The molecule has 0 fully saturated rings. The summed E-state index contributed by atoms with van der Waals surface area (Å²) in [6, 6.07) is 19.6. The van der Waals surface area contributed by atoms with Crippen molar-refractivity contribution in [2.45, 2.75) is 6.61 Å². The molecule has 0 atom stereocenters. The first-order valence-electron chi connectivity index (χ1n) is 8.26. The Kier molecular flexibility index (Phi) is 6.19. The lowest BCUT2D eigenvalue weighted by Gasteiger charge is -2.06. The van der Waals surface area contributed by atoms with Gasteiger partial charge in [-0.2, -0.15) is 0 Å². The van der Waals surface area contributed by atoms with Gasteiger partial charge in [-0.25, -0.2) is 4.79 Å². The van der Waals surface area contributed by atoms with Crippen molar-refractivity contribution < 1.29 is 14.3 Å². The number of ether oxygens (including phenoxy) is 1. The van der Waals surface area contributed by atoms with Gasteiger partial charge in [-0.05, 0) is 42.0 Å². The van der Waals surface area contributed by atoms with Crippen LogP contribution in [0.15, 0.2) is 66.7 Å². The normalized spacial score (nSPS) is 10.3. The van der Waals surface area contributed by atoms with Crippen LogP contribution in [-0.2, 0) is 11.3 Å². The second kappa shape index (κ2) is 8.98. The van der Waals surface area contributed by atoms with Gasteiger partial charge in [0.2, 0.25) is 0 Å². The summed E-state index contributed by atoms with van der Waals surface area (Å²) in [5.41, 5.74) is 2.36. The van der Waals surface area contributed by atoms with E-state index >= 15 is 0 Å². The molecule has 3 amide bonds. The Labute approximate surface area is 161 Å². The molecule has 3 aromatic rings. The van der Waals surface area contributed by atoms with Crippen molar-refractivity contribution in [3.05, 3.63) is 77.2 Å². The van der Waals surface area contributed by atoms with E-state index in [1.165, 1.54) is 11.3 Å². The van der Waals surface area contributed by atoms with Crippen LogP contribution < -0.4 is 16.0 Å². The van der Waals surface area contributed by atoms with Gasteiger partial charge in [0.1, 0.15) is 0 Å². The van der Waals surface area contributed by atoms with Gasteiger partial charge in [-0.15, -0.1) is 11.3 Å². The number of hydrogen-bond donors (Lipinski definition) is 3. The third kappa shape index (κ3) is 5.40. The van der Waals surface area contributed by atoms with Crippen LogP contribution in [0.4, 0.5) is 21.2 Å². The van der Waals surface area contributed by atoms with Crippen molar-refractivity contribution in [3.63, 3.8) is 0 Å². The third-order valence-electron chi connectivity index (χ3n) is 3.59. The van der Waals surface area contributed by atoms with Crippen LogP contribution in [0.2, 0.25) is 0 Å². The minimum absolute atomic E-state index is 0.230. The van der Waals surface area contributed by atoms with Crippen molar-refractivity contribution in [1.82, 2.24) is 0 Å². The Morgan fingerprint density at radius 3 is 2.44 bits per heavy atom. The van der Waals surface area contributed by atoms with Crippen molar-refractivity contribution in [3.8, 4) is 0 Å². The molecule has 0 aliphatic heterocycles. The minimum Gasteiger partial charge on any atom is -0.380 e. The van der Waals surface area contributed by atoms with Gasteiger partial charge in [0.05, 0.1) is 16.5 Å². The number of amides is 3. The fraction of sp³-hybridized carbons (Fsp3) is 0.100. The van der Waals surface area contributed by atoms with Crippen LogP contribution in [0.1, 0.15) is 15.2 Å². The molecular formula is C20H19N3O3S. The maximum Gasteiger partial charge on any atom is 0.324 e. The number of methoxy groups -OCH3 is 1. The van der Waals surface area contributed by atoms with Crippen LogP contribution in [0.3, 0.4) is 0 Å². The van der Waals surface area contributed by atoms with E-state index in [9.17, 15) is 9.59 Å². The Balaban J connectivity index is 1.59. The first-order chi connectivity index (χ1) is 13.1. The first-order valence-corrected chi connectivity index (χ1v) is 9.08. The van der Waals surface area contributed by atoms with Crippen molar-refractivity contribution in [2.24, 2.45) is 0 Å². The zero-order valence-corrected chi connectivity index (χ0v) is 15.5. The number of benzene rings is 2. The maximum atomic E-state index is 12.4. The van der Waals surface area contributed by atoms with Gasteiger partial charge in [0.15, 0.2) is 0 Å². The summed E-state index contributed by atoms with van der Waals surface area (Å²) in [4.78, 5) is 24.9. The van der Waals surface area contributed by atoms with E-state index < -0.39 is 0 Å². The monoisotopic (exact) mass is 381 g/mol. The largest absolute Gasteiger partial charge is 0.380 e. The van der Waals surface area contributed by atoms with Gasteiger partial charge in [0.25, 0.3) is 5.91 Å². The van der Waals surface area contributed by atoms with Crippen LogP contribution in [0.25, 0.3) is 0 Å². The number of thiophene rings is 1. The van der Waals surface area contributed by atoms with Gasteiger partial charge in [0, 0.05) is 18.5 Å². The van der Waals surface area contributed by atoms with Crippen LogP contribution in [0.5, 0.6) is 0 Å². The fourth-order valence-electron chi connectivity index (χ4n) is 2.42. The molecule has 0 radical (unpaired) electrons. The first kappa shape index (κ1) is 18.6. The summed E-state index contributed by atoms with van der Waals surface area (Å²) in [5, 5.41) is 8.89. The number of carbonyl (C=O) groups is 2. The molecule has 0 spiro atoms. The maximum absolute atomic E-state index is 12.4. The molecule has 1 aromatic heterocycles. The summed E-state index contributed by atoms with van der Waals surface area (Å²) >= 11 is 1.20. The Morgan fingerprint density at radius 1 is 0.889 bits per heavy atom. The Hall–Kier alpha value is -3.16. The van der Waals surface area contributed by atoms with Crippen molar-refractivity contribution in [2.75, 3.05) is 23.1 Å². The molecule has 6 nitrogen and oxygen atoms in total. The highest BCUT2D eigenvalue weighted by atomic mass is 32.1. The number of hydrogen-bond acceptors (Lipinski definition) is 4. The van der Waals surface area contributed by atoms with E-state index in [1.54, 1.807) is 31.4 Å². The average Bonchev–Trinajstić information content (AvgIpc) is 3.11. The summed E-state index contributed by atoms with van der Waals surface area (Å²) in [7, 11) is 1.62. The van der Waals surface area contributed by atoms with E-state index in [0.717, 1.165) is 5.56 Å². The van der Waals surface area contributed by atoms with E-state index in [4.69, 9.17) is 4.74 Å². The lowest BCUT2D eigenvalue weighted by atomic mass is 10.2. The van der Waals surface area contributed by atoms with E-state index in [-0.39, 0.29) is 11.9 Å². The highest BCUT2D eigenvalue weighted by Gasteiger charge is 2.11. The molecule has 1 heterocycles. The lowest BCUT2D eigenvalue weighted by Crippen LogP contribution is -2.18. The van der Waals surface area contributed by atoms with Gasteiger partial charge in [-0.1, -0.05) is 30.3 Å². The number of anilines is 3. The van der Waals surface area contributed by atoms with E-state index in [2.05, 4.69) is 16.0 Å². The van der Waals surface area contributed by atoms with Gasteiger partial charge >= 0.3 is 6.03 Å². The van der Waals surface area contributed by atoms with Crippen molar-refractivity contribution in [1.29, 1.82) is 0 Å². The zero-order chi connectivity index (χ0) is 19.1. The summed E-state index contributed by atoms with van der Waals surface area (Å²) < 4.78 is 5.10. The van der Waals surface area contributed by atoms with Crippen molar-refractivity contribution >= 4 is 39.7 Å². The molecule has 0 unspecified atom stereocenters. The smallest absolute Gasteiger partial charge is 0.324 e. The fourth-order valence-corrected chi connectivity index (χ4v) is 3.22. The molecule has 27 heavy (non-hydrogen) atoms. The van der Waals surface area contributed by atoms with Crippen LogP contribution in [-0.4, -0.2) is 19.0 Å². The predicted molar refractivity (Wildman–Crippen MR) is 109 cm³/mol. The lowest BCUT2D eigenvalue weighted by molar-refractivity contribution is 0.103. The molecule has 0 saturated heterocycles. The predicted octanol–water partition coefficient (Wildman–Crippen LogP) is 4.79. The topological polar surface area (TPSA) is 79.5 Å². The summed E-state index contributed by atoms with van der Waals surface area (Å²) in [6.45, 7) is 0.479. The number of urea groups is 1. The molecule has 0 bridgehead atoms. The quantitative estimate of drug-likeness (QED) is 0.574. The molecule has 0 aliphatic carbocycles. The SMILES string of the molecule is COCc1cccc(NC(=O)c2ccc(NC(=O)Nc3ccccc3)s2)c1. The Morgan fingerprint density at radius 2 is 1.67 bits per heavy atom. The number of rotatable bonds is 6. The second-order valence-electron chi connectivity index (χ2n) is 5.70. The van der Waals surface area contributed by atoms with E-state index in [0.29, 0.717) is 27.9 Å². The standard InChI is InChI=1S/C20H19N3O3S/c1-26-13-14-6-5-9-16(12-14)21-19(24)17-10-11-18(27-17)23-20(25)22-15-7-3-2-4-8-15/h2-12H,13H2,1H3,(H,21,24)(H2,22,23,25). The number of nitrogens with one attached hydrogen (secondary N) is 3. The number of para-hydroxylation sites is 1. The molecule has 3 N–H and O–H groups in total. The highest BCUT2D eigenvalue weighted by Crippen LogP contribution is 2.23. The molecule has 7 heteroatoms. The summed E-state index contributed by atoms with van der Waals surface area (Å²) in [5.74, 6) is -0.230. The molecule has 0 saturated carbocycles. The third-order valence-corrected chi connectivity index (χ3v) is 4.59. The second-order valence-corrected chi connectivity index (χ2v) is 6.78.